The van der Waals surface area contributed by atoms with Gasteiger partial charge in [0.2, 0.25) is 5.91 Å². The molecule has 1 atom stereocenters. The van der Waals surface area contributed by atoms with E-state index < -0.39 is 21.0 Å². The smallest absolute Gasteiger partial charge is 0.235 e. The Labute approximate surface area is 99.5 Å². The number of hydrogen-bond acceptors (Lipinski definition) is 5. The molecule has 1 unspecified atom stereocenters. The largest absolute Gasteiger partial charge is 0.495 e. The third kappa shape index (κ3) is 2.50. The number of hydrogen-bond donors (Lipinski definition) is 2. The van der Waals surface area contributed by atoms with Crippen LogP contribution in [0.15, 0.2) is 23.1 Å². The fourth-order valence-corrected chi connectivity index (χ4v) is 2.63. The van der Waals surface area contributed by atoms with Crippen LogP contribution in [0, 0.1) is 0 Å². The monoisotopic (exact) mass is 258 g/mol. The number of amides is 1. The lowest BCUT2D eigenvalue weighted by atomic mass is 10.3. The van der Waals surface area contributed by atoms with Crippen LogP contribution in [0.4, 0.5) is 5.69 Å². The van der Waals surface area contributed by atoms with Gasteiger partial charge >= 0.3 is 0 Å². The summed E-state index contributed by atoms with van der Waals surface area (Å²) in [4.78, 5) is 10.9. The average Bonchev–Trinajstić information content (AvgIpc) is 2.27. The van der Waals surface area contributed by atoms with Gasteiger partial charge in [-0.05, 0) is 19.1 Å². The molecule has 0 aliphatic heterocycles. The van der Waals surface area contributed by atoms with Crippen LogP contribution in [0.5, 0.6) is 5.75 Å². The highest BCUT2D eigenvalue weighted by Gasteiger charge is 2.30. The van der Waals surface area contributed by atoms with Crippen molar-refractivity contribution in [3.8, 4) is 5.75 Å². The van der Waals surface area contributed by atoms with Gasteiger partial charge in [0.1, 0.15) is 15.9 Å². The number of rotatable bonds is 4. The third-order valence-corrected chi connectivity index (χ3v) is 4.47. The van der Waals surface area contributed by atoms with Gasteiger partial charge in [-0.15, -0.1) is 0 Å². The second-order valence-electron chi connectivity index (χ2n) is 3.50. The Hall–Kier alpha value is -1.76. The lowest BCUT2D eigenvalue weighted by Gasteiger charge is -2.13. The van der Waals surface area contributed by atoms with Gasteiger partial charge < -0.3 is 16.2 Å². The van der Waals surface area contributed by atoms with Crippen molar-refractivity contribution >= 4 is 21.4 Å². The molecule has 1 aromatic carbocycles. The van der Waals surface area contributed by atoms with Crippen molar-refractivity contribution in [1.82, 2.24) is 0 Å². The number of methoxy groups -OCH3 is 1. The summed E-state index contributed by atoms with van der Waals surface area (Å²) < 4.78 is 29.0. The zero-order chi connectivity index (χ0) is 13.2. The molecule has 0 saturated carbocycles. The Morgan fingerprint density at radius 1 is 1.41 bits per heavy atom. The maximum Gasteiger partial charge on any atom is 0.235 e. The lowest BCUT2D eigenvalue weighted by Crippen LogP contribution is -2.33. The van der Waals surface area contributed by atoms with Crippen molar-refractivity contribution in [1.29, 1.82) is 0 Å². The summed E-state index contributed by atoms with van der Waals surface area (Å²) >= 11 is 0. The summed E-state index contributed by atoms with van der Waals surface area (Å²) in [6.45, 7) is 1.23. The van der Waals surface area contributed by atoms with Crippen LogP contribution in [0.2, 0.25) is 0 Å². The van der Waals surface area contributed by atoms with E-state index in [0.717, 1.165) is 0 Å². The molecule has 0 heterocycles. The minimum Gasteiger partial charge on any atom is -0.495 e. The van der Waals surface area contributed by atoms with Crippen LogP contribution < -0.4 is 16.2 Å². The Morgan fingerprint density at radius 2 is 2.00 bits per heavy atom. The van der Waals surface area contributed by atoms with E-state index in [4.69, 9.17) is 16.2 Å². The Balaban J connectivity index is 3.38. The molecule has 1 aromatic rings. The van der Waals surface area contributed by atoms with Gasteiger partial charge in [-0.2, -0.15) is 0 Å². The molecular weight excluding hydrogens is 244 g/mol. The molecule has 0 bridgehead atoms. The van der Waals surface area contributed by atoms with E-state index in [1.807, 2.05) is 0 Å². The van der Waals surface area contributed by atoms with Crippen LogP contribution in [0.1, 0.15) is 6.92 Å². The van der Waals surface area contributed by atoms with Crippen LogP contribution in [-0.2, 0) is 14.6 Å². The molecule has 1 rings (SSSR count). The van der Waals surface area contributed by atoms with Crippen molar-refractivity contribution in [2.24, 2.45) is 5.73 Å². The number of nitrogen functional groups attached to an aromatic ring is 1. The standard InChI is InChI=1S/C10H14N2O4S/c1-6(10(12)13)17(14,15)9-4-3-7(11)5-8(9)16-2/h3-6H,11H2,1-2H3,(H2,12,13). The third-order valence-electron chi connectivity index (χ3n) is 2.36. The molecule has 0 aromatic heterocycles. The number of benzene rings is 1. The molecule has 0 fully saturated rings. The molecule has 0 aliphatic carbocycles. The predicted molar refractivity (Wildman–Crippen MR) is 63.2 cm³/mol. The molecule has 6 nitrogen and oxygen atoms in total. The zero-order valence-corrected chi connectivity index (χ0v) is 10.3. The second-order valence-corrected chi connectivity index (χ2v) is 5.74. The van der Waals surface area contributed by atoms with Crippen LogP contribution in [-0.4, -0.2) is 26.7 Å². The maximum absolute atomic E-state index is 12.0. The summed E-state index contributed by atoms with van der Waals surface area (Å²) in [6, 6.07) is 4.09. The van der Waals surface area contributed by atoms with Crippen molar-refractivity contribution in [2.75, 3.05) is 12.8 Å². The number of carbonyl (C=O) groups excluding carboxylic acids is 1. The maximum atomic E-state index is 12.0. The highest BCUT2D eigenvalue weighted by atomic mass is 32.2. The molecule has 17 heavy (non-hydrogen) atoms. The van der Waals surface area contributed by atoms with Gasteiger partial charge in [0.05, 0.1) is 7.11 Å². The van der Waals surface area contributed by atoms with Crippen molar-refractivity contribution in [3.05, 3.63) is 18.2 Å². The first-order chi connectivity index (χ1) is 7.80. The highest BCUT2D eigenvalue weighted by molar-refractivity contribution is 7.92. The summed E-state index contributed by atoms with van der Waals surface area (Å²) in [5.41, 5.74) is 10.9. The van der Waals surface area contributed by atoms with Crippen LogP contribution >= 0.6 is 0 Å². The van der Waals surface area contributed by atoms with Crippen molar-refractivity contribution < 1.29 is 17.9 Å². The summed E-state index contributed by atoms with van der Waals surface area (Å²) in [7, 11) is -2.53. The summed E-state index contributed by atoms with van der Waals surface area (Å²) in [5, 5.41) is -1.32. The summed E-state index contributed by atoms with van der Waals surface area (Å²) in [5.74, 6) is -0.818. The first kappa shape index (κ1) is 13.3. The Kier molecular flexibility index (Phi) is 3.62. The fraction of sp³-hybridized carbons (Fsp3) is 0.300. The first-order valence-electron chi connectivity index (χ1n) is 4.77. The average molecular weight is 258 g/mol. The summed E-state index contributed by atoms with van der Waals surface area (Å²) in [6.07, 6.45) is 0. The van der Waals surface area contributed by atoms with Gasteiger partial charge in [-0.25, -0.2) is 8.42 Å². The molecule has 0 radical (unpaired) electrons. The van der Waals surface area contributed by atoms with Crippen LogP contribution in [0.25, 0.3) is 0 Å². The molecule has 7 heteroatoms. The fourth-order valence-electron chi connectivity index (χ4n) is 1.26. The van der Waals surface area contributed by atoms with Gasteiger partial charge in [-0.3, -0.25) is 4.79 Å². The van der Waals surface area contributed by atoms with E-state index in [-0.39, 0.29) is 10.6 Å². The van der Waals surface area contributed by atoms with Gasteiger partial charge in [-0.1, -0.05) is 0 Å². The Bertz CT molecular complexity index is 539. The number of carbonyl (C=O) groups is 1. The second kappa shape index (κ2) is 4.62. The highest BCUT2D eigenvalue weighted by Crippen LogP contribution is 2.28. The van der Waals surface area contributed by atoms with Crippen molar-refractivity contribution in [2.45, 2.75) is 17.1 Å². The number of sulfone groups is 1. The van der Waals surface area contributed by atoms with E-state index in [1.54, 1.807) is 0 Å². The zero-order valence-electron chi connectivity index (χ0n) is 9.51. The normalized spacial score (nSPS) is 13.1. The Morgan fingerprint density at radius 3 is 2.47 bits per heavy atom. The molecule has 0 aliphatic rings. The molecule has 0 saturated heterocycles. The SMILES string of the molecule is COc1cc(N)ccc1S(=O)(=O)C(C)C(N)=O. The molecule has 94 valence electrons. The van der Waals surface area contributed by atoms with Crippen LogP contribution in [0.3, 0.4) is 0 Å². The molecule has 1 amide bonds. The van der Waals surface area contributed by atoms with E-state index >= 15 is 0 Å². The first-order valence-corrected chi connectivity index (χ1v) is 6.32. The van der Waals surface area contributed by atoms with E-state index in [1.165, 1.54) is 32.2 Å². The van der Waals surface area contributed by atoms with Gasteiger partial charge in [0, 0.05) is 11.8 Å². The minimum absolute atomic E-state index is 0.0955. The van der Waals surface area contributed by atoms with E-state index in [2.05, 4.69) is 0 Å². The quantitative estimate of drug-likeness (QED) is 0.734. The predicted octanol–water partition coefficient (Wildman–Crippen LogP) is -0.0751. The van der Waals surface area contributed by atoms with E-state index in [0.29, 0.717) is 5.69 Å². The number of ether oxygens (including phenoxy) is 1. The number of anilines is 1. The van der Waals surface area contributed by atoms with Gasteiger partial charge in [0.25, 0.3) is 0 Å². The van der Waals surface area contributed by atoms with E-state index in [9.17, 15) is 13.2 Å². The van der Waals surface area contributed by atoms with Crippen molar-refractivity contribution in [3.63, 3.8) is 0 Å². The van der Waals surface area contributed by atoms with Gasteiger partial charge in [0.15, 0.2) is 9.84 Å². The molecule has 0 spiro atoms. The molecular formula is C10H14N2O4S. The topological polar surface area (TPSA) is 112 Å². The molecule has 4 N–H and O–H groups in total. The number of primary amides is 1. The number of nitrogens with two attached hydrogens (primary N) is 2. The lowest BCUT2D eigenvalue weighted by molar-refractivity contribution is -0.117. The minimum atomic E-state index is -3.85.